The average Bonchev–Trinajstić information content (AvgIpc) is 2.62. The van der Waals surface area contributed by atoms with Crippen molar-refractivity contribution in [2.24, 2.45) is 5.92 Å². The van der Waals surface area contributed by atoms with Crippen LogP contribution in [0.5, 0.6) is 17.2 Å². The number of halogens is 1. The van der Waals surface area contributed by atoms with Gasteiger partial charge in [-0.25, -0.2) is 0 Å². The van der Waals surface area contributed by atoms with Crippen LogP contribution in [0.25, 0.3) is 0 Å². The van der Waals surface area contributed by atoms with Crippen LogP contribution in [0.1, 0.15) is 12.5 Å². The second kappa shape index (κ2) is 7.66. The lowest BCUT2D eigenvalue weighted by atomic mass is 9.96. The van der Waals surface area contributed by atoms with Crippen LogP contribution < -0.4 is 19.5 Å². The average molecular weight is 362 g/mol. The summed E-state index contributed by atoms with van der Waals surface area (Å²) in [6.07, 6.45) is 0.593. The van der Waals surface area contributed by atoms with E-state index in [1.807, 2.05) is 19.1 Å². The van der Waals surface area contributed by atoms with E-state index in [1.54, 1.807) is 31.4 Å². The van der Waals surface area contributed by atoms with E-state index in [0.717, 1.165) is 11.3 Å². The summed E-state index contributed by atoms with van der Waals surface area (Å²) in [6.45, 7) is 2.79. The Hall–Kier alpha value is -2.40. The van der Waals surface area contributed by atoms with Gasteiger partial charge in [0.25, 0.3) is 0 Å². The van der Waals surface area contributed by atoms with Crippen LogP contribution in [0.2, 0.25) is 5.02 Å². The lowest BCUT2D eigenvalue weighted by molar-refractivity contribution is -0.121. The minimum absolute atomic E-state index is 0.100. The number of rotatable bonds is 5. The number of hydrogen-bond acceptors (Lipinski definition) is 4. The van der Waals surface area contributed by atoms with Gasteiger partial charge in [0.05, 0.1) is 19.6 Å². The number of hydrogen-bond donors (Lipinski definition) is 1. The quantitative estimate of drug-likeness (QED) is 0.876. The van der Waals surface area contributed by atoms with E-state index in [4.69, 9.17) is 25.8 Å². The molecule has 1 aliphatic heterocycles. The van der Waals surface area contributed by atoms with Crippen molar-refractivity contribution in [2.75, 3.05) is 25.6 Å². The molecule has 0 unspecified atom stereocenters. The summed E-state index contributed by atoms with van der Waals surface area (Å²) in [6, 6.07) is 10.8. The number of nitrogens with one attached hydrogen (secondary N) is 1. The minimum Gasteiger partial charge on any atom is -0.493 e. The molecule has 6 heteroatoms. The van der Waals surface area contributed by atoms with E-state index in [9.17, 15) is 4.79 Å². The molecule has 0 fully saturated rings. The van der Waals surface area contributed by atoms with Crippen LogP contribution in [0.3, 0.4) is 0 Å². The molecule has 3 rings (SSSR count). The van der Waals surface area contributed by atoms with E-state index in [1.165, 1.54) is 0 Å². The third-order valence-electron chi connectivity index (χ3n) is 4.03. The van der Waals surface area contributed by atoms with Crippen LogP contribution >= 0.6 is 11.6 Å². The lowest BCUT2D eigenvalue weighted by Crippen LogP contribution is -2.32. The summed E-state index contributed by atoms with van der Waals surface area (Å²) in [5.74, 6) is 1.64. The predicted molar refractivity (Wildman–Crippen MR) is 96.9 cm³/mol. The van der Waals surface area contributed by atoms with Gasteiger partial charge in [0.2, 0.25) is 5.91 Å². The molecular weight excluding hydrogens is 342 g/mol. The third-order valence-corrected chi connectivity index (χ3v) is 4.27. The van der Waals surface area contributed by atoms with Gasteiger partial charge in [-0.15, -0.1) is 0 Å². The molecule has 1 aliphatic rings. The molecule has 1 N–H and O–H groups in total. The molecule has 0 bridgehead atoms. The Morgan fingerprint density at radius 3 is 2.88 bits per heavy atom. The Balaban J connectivity index is 1.70. The number of carbonyl (C=O) groups is 1. The highest BCUT2D eigenvalue weighted by atomic mass is 35.5. The smallest absolute Gasteiger partial charge is 0.231 e. The molecule has 1 atom stereocenters. The number of carbonyl (C=O) groups excluding carboxylic acids is 1. The Labute approximate surface area is 151 Å². The van der Waals surface area contributed by atoms with Gasteiger partial charge < -0.3 is 19.5 Å². The largest absolute Gasteiger partial charge is 0.493 e. The number of fused-ring (bicyclic) bond motifs is 1. The predicted octanol–water partition coefficient (Wildman–Crippen LogP) is 3.94. The number of benzene rings is 2. The normalized spacial score (nSPS) is 15.7. The third kappa shape index (κ3) is 3.99. The summed E-state index contributed by atoms with van der Waals surface area (Å²) in [5.41, 5.74) is 1.60. The molecular formula is C19H20ClNO4. The van der Waals surface area contributed by atoms with Gasteiger partial charge >= 0.3 is 0 Å². The fourth-order valence-corrected chi connectivity index (χ4v) is 2.99. The monoisotopic (exact) mass is 361 g/mol. The summed E-state index contributed by atoms with van der Waals surface area (Å²) >= 11 is 6.03. The van der Waals surface area contributed by atoms with Crippen molar-refractivity contribution >= 4 is 23.2 Å². The first-order valence-electron chi connectivity index (χ1n) is 8.13. The fourth-order valence-electron chi connectivity index (χ4n) is 2.80. The molecule has 1 heterocycles. The highest BCUT2D eigenvalue weighted by Crippen LogP contribution is 2.32. The maximum Gasteiger partial charge on any atom is 0.231 e. The zero-order valence-electron chi connectivity index (χ0n) is 14.2. The van der Waals surface area contributed by atoms with Crippen molar-refractivity contribution in [3.63, 3.8) is 0 Å². The van der Waals surface area contributed by atoms with Crippen LogP contribution in [-0.2, 0) is 11.2 Å². The summed E-state index contributed by atoms with van der Waals surface area (Å²) in [4.78, 5) is 12.6. The zero-order chi connectivity index (χ0) is 17.8. The Kier molecular flexibility index (Phi) is 5.34. The van der Waals surface area contributed by atoms with Crippen LogP contribution in [0.15, 0.2) is 36.4 Å². The van der Waals surface area contributed by atoms with E-state index in [-0.39, 0.29) is 11.8 Å². The summed E-state index contributed by atoms with van der Waals surface area (Å²) < 4.78 is 16.5. The van der Waals surface area contributed by atoms with Crippen molar-refractivity contribution in [1.29, 1.82) is 0 Å². The van der Waals surface area contributed by atoms with Gasteiger partial charge in [-0.05, 0) is 49.2 Å². The topological polar surface area (TPSA) is 56.8 Å². The Morgan fingerprint density at radius 2 is 2.12 bits per heavy atom. The molecule has 1 amide bonds. The van der Waals surface area contributed by atoms with Gasteiger partial charge in [-0.1, -0.05) is 11.6 Å². The maximum absolute atomic E-state index is 12.6. The highest BCUT2D eigenvalue weighted by Gasteiger charge is 2.26. The second-order valence-electron chi connectivity index (χ2n) is 5.75. The van der Waals surface area contributed by atoms with Gasteiger partial charge in [-0.3, -0.25) is 4.79 Å². The molecule has 2 aromatic rings. The first-order valence-corrected chi connectivity index (χ1v) is 8.51. The number of amides is 1. The molecule has 0 spiro atoms. The first-order chi connectivity index (χ1) is 12.1. The van der Waals surface area contributed by atoms with Crippen molar-refractivity contribution in [3.8, 4) is 17.2 Å². The summed E-state index contributed by atoms with van der Waals surface area (Å²) in [5, 5.41) is 3.55. The van der Waals surface area contributed by atoms with E-state index in [0.29, 0.717) is 41.8 Å². The molecule has 0 aliphatic carbocycles. The van der Waals surface area contributed by atoms with Gasteiger partial charge in [0.1, 0.15) is 12.4 Å². The van der Waals surface area contributed by atoms with E-state index >= 15 is 0 Å². The molecule has 2 aromatic carbocycles. The first kappa shape index (κ1) is 17.4. The zero-order valence-corrected chi connectivity index (χ0v) is 14.9. The lowest BCUT2D eigenvalue weighted by Gasteiger charge is -2.25. The molecule has 0 aromatic heterocycles. The molecule has 0 saturated carbocycles. The summed E-state index contributed by atoms with van der Waals surface area (Å²) in [7, 11) is 1.57. The Morgan fingerprint density at radius 1 is 1.28 bits per heavy atom. The van der Waals surface area contributed by atoms with Crippen molar-refractivity contribution in [1.82, 2.24) is 0 Å². The van der Waals surface area contributed by atoms with Crippen molar-refractivity contribution < 1.29 is 19.0 Å². The molecule has 0 saturated heterocycles. The maximum atomic E-state index is 12.6. The van der Waals surface area contributed by atoms with Crippen molar-refractivity contribution in [3.05, 3.63) is 47.0 Å². The van der Waals surface area contributed by atoms with Crippen LogP contribution in [-0.4, -0.2) is 26.2 Å². The van der Waals surface area contributed by atoms with Crippen LogP contribution in [0, 0.1) is 5.92 Å². The van der Waals surface area contributed by atoms with Crippen molar-refractivity contribution in [2.45, 2.75) is 13.3 Å². The second-order valence-corrected chi connectivity index (χ2v) is 6.19. The molecule has 132 valence electrons. The van der Waals surface area contributed by atoms with Crippen LogP contribution in [0.4, 0.5) is 5.69 Å². The standard InChI is InChI=1S/C19H20ClNO4/c1-3-24-17-7-5-15(10-18(17)23-2)21-19(22)13-8-12-9-14(20)4-6-16(12)25-11-13/h4-7,9-10,13H,3,8,11H2,1-2H3,(H,21,22)/t13-/m1/s1. The molecule has 5 nitrogen and oxygen atoms in total. The SMILES string of the molecule is CCOc1ccc(NC(=O)[C@H]2COc3ccc(Cl)cc3C2)cc1OC. The van der Waals surface area contributed by atoms with Gasteiger partial charge in [0.15, 0.2) is 11.5 Å². The molecule has 25 heavy (non-hydrogen) atoms. The van der Waals surface area contributed by atoms with E-state index in [2.05, 4.69) is 5.32 Å². The van der Waals surface area contributed by atoms with Gasteiger partial charge in [0, 0.05) is 16.8 Å². The number of methoxy groups -OCH3 is 1. The minimum atomic E-state index is -0.275. The molecule has 0 radical (unpaired) electrons. The van der Waals surface area contributed by atoms with Gasteiger partial charge in [-0.2, -0.15) is 0 Å². The number of ether oxygens (including phenoxy) is 3. The van der Waals surface area contributed by atoms with E-state index < -0.39 is 0 Å². The Bertz CT molecular complexity index is 778. The number of anilines is 1. The highest BCUT2D eigenvalue weighted by molar-refractivity contribution is 6.30. The fraction of sp³-hybridized carbons (Fsp3) is 0.316.